The lowest BCUT2D eigenvalue weighted by molar-refractivity contribution is 0.598. The summed E-state index contributed by atoms with van der Waals surface area (Å²) >= 11 is 5.65. The number of halogens is 2. The summed E-state index contributed by atoms with van der Waals surface area (Å²) in [6, 6.07) is 8.18. The topological polar surface area (TPSA) is 98.2 Å². The maximum atomic E-state index is 13.6. The van der Waals surface area contributed by atoms with Crippen LogP contribution in [0, 0.1) is 5.82 Å². The third kappa shape index (κ3) is 3.19. The molecule has 0 amide bonds. The number of hydrogen-bond donors (Lipinski definition) is 3. The molecule has 0 fully saturated rings. The lowest BCUT2D eigenvalue weighted by Crippen LogP contribution is -2.14. The van der Waals surface area contributed by atoms with E-state index in [1.54, 1.807) is 0 Å². The van der Waals surface area contributed by atoms with Crippen LogP contribution in [0.4, 0.5) is 21.5 Å². The molecule has 2 aromatic carbocycles. The van der Waals surface area contributed by atoms with Gasteiger partial charge in [-0.2, -0.15) is 0 Å². The molecule has 0 unspecified atom stereocenters. The Morgan fingerprint density at radius 1 is 1.15 bits per heavy atom. The lowest BCUT2D eigenvalue weighted by atomic mass is 10.2. The number of benzene rings is 2. The summed E-state index contributed by atoms with van der Waals surface area (Å²) in [7, 11) is -3.88. The first kappa shape index (κ1) is 14.6. The molecule has 20 heavy (non-hydrogen) atoms. The zero-order valence-electron chi connectivity index (χ0n) is 10.1. The van der Waals surface area contributed by atoms with E-state index in [2.05, 4.69) is 5.32 Å². The number of anilines is 3. The number of nitrogens with two attached hydrogens (primary N) is 2. The molecule has 0 radical (unpaired) electrons. The quantitative estimate of drug-likeness (QED) is 0.758. The minimum absolute atomic E-state index is 0.0214. The van der Waals surface area contributed by atoms with E-state index in [0.717, 1.165) is 6.07 Å². The molecule has 0 aromatic heterocycles. The van der Waals surface area contributed by atoms with Crippen LogP contribution in [-0.4, -0.2) is 8.42 Å². The van der Waals surface area contributed by atoms with Gasteiger partial charge in [0, 0.05) is 10.7 Å². The van der Waals surface area contributed by atoms with E-state index in [0.29, 0.717) is 5.69 Å². The standard InChI is InChI=1S/C12H11ClFN3O2S/c13-7-1-3-11(9(14)5-7)17-8-2-4-12(10(15)6-8)20(16,18)19/h1-6,17H,15H2,(H2,16,18,19). The number of rotatable bonds is 3. The van der Waals surface area contributed by atoms with Crippen molar-refractivity contribution in [2.75, 3.05) is 11.1 Å². The molecule has 0 spiro atoms. The second-order valence-corrected chi connectivity index (χ2v) is 6.01. The number of nitrogen functional groups attached to an aromatic ring is 1. The van der Waals surface area contributed by atoms with Gasteiger partial charge in [-0.25, -0.2) is 17.9 Å². The first-order valence-corrected chi connectivity index (χ1v) is 7.34. The molecule has 0 aliphatic rings. The van der Waals surface area contributed by atoms with Crippen LogP contribution in [0.1, 0.15) is 0 Å². The number of sulfonamides is 1. The summed E-state index contributed by atoms with van der Waals surface area (Å²) in [6.07, 6.45) is 0. The van der Waals surface area contributed by atoms with Gasteiger partial charge in [0.05, 0.1) is 11.4 Å². The molecule has 5 nitrogen and oxygen atoms in total. The van der Waals surface area contributed by atoms with Crippen molar-refractivity contribution in [3.05, 3.63) is 47.2 Å². The van der Waals surface area contributed by atoms with Crippen LogP contribution < -0.4 is 16.2 Å². The van der Waals surface area contributed by atoms with Gasteiger partial charge in [-0.1, -0.05) is 11.6 Å². The Balaban J connectivity index is 2.34. The SMILES string of the molecule is Nc1cc(Nc2ccc(Cl)cc2F)ccc1S(N)(=O)=O. The molecule has 2 aromatic rings. The van der Waals surface area contributed by atoms with Crippen molar-refractivity contribution >= 4 is 38.7 Å². The predicted molar refractivity (Wildman–Crippen MR) is 76.9 cm³/mol. The molecule has 2 rings (SSSR count). The average molecular weight is 316 g/mol. The minimum Gasteiger partial charge on any atom is -0.398 e. The summed E-state index contributed by atoms with van der Waals surface area (Å²) in [6.45, 7) is 0. The zero-order chi connectivity index (χ0) is 14.9. The summed E-state index contributed by atoms with van der Waals surface area (Å²) < 4.78 is 36.0. The average Bonchev–Trinajstić information content (AvgIpc) is 2.31. The summed E-state index contributed by atoms with van der Waals surface area (Å²) in [5.74, 6) is -0.536. The summed E-state index contributed by atoms with van der Waals surface area (Å²) in [5, 5.41) is 8.04. The van der Waals surface area contributed by atoms with Crippen molar-refractivity contribution in [2.24, 2.45) is 5.14 Å². The van der Waals surface area contributed by atoms with Gasteiger partial charge in [0.25, 0.3) is 0 Å². The van der Waals surface area contributed by atoms with Gasteiger partial charge in [-0.05, 0) is 36.4 Å². The molecule has 8 heteroatoms. The Bertz CT molecular complexity index is 765. The predicted octanol–water partition coefficient (Wildman–Crippen LogP) is 2.45. The van der Waals surface area contributed by atoms with Crippen LogP contribution in [0.3, 0.4) is 0 Å². The molecule has 0 aliphatic carbocycles. The molecule has 5 N–H and O–H groups in total. The summed E-state index contributed by atoms with van der Waals surface area (Å²) in [4.78, 5) is -0.181. The number of nitrogens with one attached hydrogen (secondary N) is 1. The van der Waals surface area contributed by atoms with Gasteiger partial charge in [0.15, 0.2) is 0 Å². The van der Waals surface area contributed by atoms with E-state index in [-0.39, 0.29) is 21.3 Å². The fourth-order valence-electron chi connectivity index (χ4n) is 1.63. The van der Waals surface area contributed by atoms with E-state index in [9.17, 15) is 12.8 Å². The van der Waals surface area contributed by atoms with Crippen molar-refractivity contribution in [3.8, 4) is 0 Å². The maximum absolute atomic E-state index is 13.6. The largest absolute Gasteiger partial charge is 0.398 e. The number of primary sulfonamides is 1. The molecule has 0 saturated heterocycles. The van der Waals surface area contributed by atoms with Crippen LogP contribution in [0.2, 0.25) is 5.02 Å². The smallest absolute Gasteiger partial charge is 0.240 e. The van der Waals surface area contributed by atoms with Crippen molar-refractivity contribution in [3.63, 3.8) is 0 Å². The van der Waals surface area contributed by atoms with Gasteiger partial charge in [-0.15, -0.1) is 0 Å². The van der Waals surface area contributed by atoms with E-state index >= 15 is 0 Å². The van der Waals surface area contributed by atoms with Crippen LogP contribution in [0.15, 0.2) is 41.3 Å². The van der Waals surface area contributed by atoms with Gasteiger partial charge in [0.1, 0.15) is 10.7 Å². The fourth-order valence-corrected chi connectivity index (χ4v) is 2.44. The molecular formula is C12H11ClFN3O2S. The second-order valence-electron chi connectivity index (χ2n) is 4.05. The number of hydrogen-bond acceptors (Lipinski definition) is 4. The van der Waals surface area contributed by atoms with Crippen LogP contribution in [0.5, 0.6) is 0 Å². The highest BCUT2D eigenvalue weighted by Crippen LogP contribution is 2.26. The first-order valence-electron chi connectivity index (χ1n) is 5.42. The van der Waals surface area contributed by atoms with E-state index in [1.807, 2.05) is 0 Å². The van der Waals surface area contributed by atoms with Crippen molar-refractivity contribution < 1.29 is 12.8 Å². The fraction of sp³-hybridized carbons (Fsp3) is 0. The Kier molecular flexibility index (Phi) is 3.85. The van der Waals surface area contributed by atoms with Gasteiger partial charge < -0.3 is 11.1 Å². The highest BCUT2D eigenvalue weighted by atomic mass is 35.5. The molecule has 0 saturated carbocycles. The molecule has 0 bridgehead atoms. The minimum atomic E-state index is -3.88. The van der Waals surface area contributed by atoms with Crippen LogP contribution >= 0.6 is 11.6 Å². The molecule has 0 aliphatic heterocycles. The van der Waals surface area contributed by atoms with Crippen molar-refractivity contribution in [1.29, 1.82) is 0 Å². The Morgan fingerprint density at radius 2 is 1.85 bits per heavy atom. The maximum Gasteiger partial charge on any atom is 0.240 e. The normalized spacial score (nSPS) is 11.3. The first-order chi connectivity index (χ1) is 9.27. The van der Waals surface area contributed by atoms with Gasteiger partial charge >= 0.3 is 0 Å². The van der Waals surface area contributed by atoms with Gasteiger partial charge in [0.2, 0.25) is 10.0 Å². The summed E-state index contributed by atoms with van der Waals surface area (Å²) in [5.41, 5.74) is 6.21. The zero-order valence-corrected chi connectivity index (χ0v) is 11.7. The van der Waals surface area contributed by atoms with E-state index in [1.165, 1.54) is 30.3 Å². The lowest BCUT2D eigenvalue weighted by Gasteiger charge is -2.10. The molecule has 0 atom stereocenters. The highest BCUT2D eigenvalue weighted by Gasteiger charge is 2.12. The highest BCUT2D eigenvalue weighted by molar-refractivity contribution is 7.89. The van der Waals surface area contributed by atoms with Gasteiger partial charge in [-0.3, -0.25) is 0 Å². The second kappa shape index (κ2) is 5.28. The monoisotopic (exact) mass is 315 g/mol. The Labute approximate surface area is 120 Å². The van der Waals surface area contributed by atoms with E-state index in [4.69, 9.17) is 22.5 Å². The van der Waals surface area contributed by atoms with Crippen molar-refractivity contribution in [2.45, 2.75) is 4.90 Å². The Morgan fingerprint density at radius 3 is 2.40 bits per heavy atom. The Hall–Kier alpha value is -1.83. The third-order valence-electron chi connectivity index (χ3n) is 2.53. The van der Waals surface area contributed by atoms with Crippen LogP contribution in [-0.2, 0) is 10.0 Å². The van der Waals surface area contributed by atoms with E-state index < -0.39 is 15.8 Å². The van der Waals surface area contributed by atoms with Crippen molar-refractivity contribution in [1.82, 2.24) is 0 Å². The molecular weight excluding hydrogens is 305 g/mol. The third-order valence-corrected chi connectivity index (χ3v) is 3.75. The van der Waals surface area contributed by atoms with Crippen LogP contribution in [0.25, 0.3) is 0 Å². The molecule has 0 heterocycles. The molecule has 106 valence electrons.